The van der Waals surface area contributed by atoms with Crippen LogP contribution in [0.5, 0.6) is 0 Å². The van der Waals surface area contributed by atoms with Crippen molar-refractivity contribution in [3.8, 4) is 0 Å². The van der Waals surface area contributed by atoms with Crippen LogP contribution in [-0.4, -0.2) is 5.16 Å². The van der Waals surface area contributed by atoms with E-state index in [9.17, 15) is 0 Å². The van der Waals surface area contributed by atoms with Gasteiger partial charge in [-0.2, -0.15) is 12.6 Å². The largest absolute Gasteiger partial charge is 0.361 e. The van der Waals surface area contributed by atoms with Gasteiger partial charge in [0, 0.05) is 17.7 Å². The summed E-state index contributed by atoms with van der Waals surface area (Å²) in [6, 6.07) is 1.94. The lowest BCUT2D eigenvalue weighted by Gasteiger charge is -1.93. The van der Waals surface area contributed by atoms with Gasteiger partial charge in [0.1, 0.15) is 5.76 Å². The predicted molar refractivity (Wildman–Crippen MR) is 43.3 cm³/mol. The minimum Gasteiger partial charge on any atom is -0.361 e. The van der Waals surface area contributed by atoms with Gasteiger partial charge in [0.2, 0.25) is 0 Å². The molecule has 0 amide bonds. The van der Waals surface area contributed by atoms with Gasteiger partial charge in [-0.05, 0) is 0 Å². The average Bonchev–Trinajstić information content (AvgIpc) is 2.34. The van der Waals surface area contributed by atoms with Crippen molar-refractivity contribution in [2.75, 3.05) is 0 Å². The quantitative estimate of drug-likeness (QED) is 0.666. The molecule has 0 aromatic carbocycles. The molecule has 0 bridgehead atoms. The Hall–Kier alpha value is -0.440. The van der Waals surface area contributed by atoms with E-state index in [0.29, 0.717) is 11.7 Å². The molecule has 0 saturated carbocycles. The zero-order valence-electron chi connectivity index (χ0n) is 6.16. The average molecular weight is 157 g/mol. The van der Waals surface area contributed by atoms with Crippen molar-refractivity contribution in [2.24, 2.45) is 0 Å². The lowest BCUT2D eigenvalue weighted by Crippen LogP contribution is -1.80. The van der Waals surface area contributed by atoms with E-state index in [1.165, 1.54) is 0 Å². The minimum absolute atomic E-state index is 0.418. The van der Waals surface area contributed by atoms with Crippen LogP contribution in [-0.2, 0) is 5.75 Å². The van der Waals surface area contributed by atoms with Crippen LogP contribution < -0.4 is 0 Å². The molecule has 1 aromatic rings. The van der Waals surface area contributed by atoms with Crippen molar-refractivity contribution in [3.05, 3.63) is 17.5 Å². The van der Waals surface area contributed by atoms with Crippen LogP contribution in [0.2, 0.25) is 0 Å². The Bertz CT molecular complexity index is 207. The van der Waals surface area contributed by atoms with Gasteiger partial charge in [-0.15, -0.1) is 0 Å². The first kappa shape index (κ1) is 7.66. The van der Waals surface area contributed by atoms with E-state index in [4.69, 9.17) is 4.52 Å². The van der Waals surface area contributed by atoms with Crippen LogP contribution >= 0.6 is 12.6 Å². The Morgan fingerprint density at radius 2 is 2.40 bits per heavy atom. The molecule has 10 heavy (non-hydrogen) atoms. The first-order valence-electron chi connectivity index (χ1n) is 3.30. The highest BCUT2D eigenvalue weighted by atomic mass is 32.1. The van der Waals surface area contributed by atoms with E-state index in [1.54, 1.807) is 0 Å². The lowest BCUT2D eigenvalue weighted by molar-refractivity contribution is 0.367. The summed E-state index contributed by atoms with van der Waals surface area (Å²) in [5.74, 6) is 2.00. The van der Waals surface area contributed by atoms with Crippen molar-refractivity contribution in [1.82, 2.24) is 5.16 Å². The summed E-state index contributed by atoms with van der Waals surface area (Å²) in [7, 11) is 0. The van der Waals surface area contributed by atoms with Crippen LogP contribution in [0.3, 0.4) is 0 Å². The fourth-order valence-corrected chi connectivity index (χ4v) is 0.824. The second-order valence-corrected chi connectivity index (χ2v) is 2.85. The molecule has 0 fully saturated rings. The maximum Gasteiger partial charge on any atom is 0.139 e. The molecule has 56 valence electrons. The summed E-state index contributed by atoms with van der Waals surface area (Å²) in [6.07, 6.45) is 0. The van der Waals surface area contributed by atoms with Crippen LogP contribution in [0, 0.1) is 0 Å². The van der Waals surface area contributed by atoms with Crippen LogP contribution in [0.15, 0.2) is 10.6 Å². The number of thiol groups is 1. The van der Waals surface area contributed by atoms with Crippen molar-refractivity contribution in [3.63, 3.8) is 0 Å². The molecule has 0 atom stereocenters. The normalized spacial score (nSPS) is 10.8. The molecule has 3 heteroatoms. The number of aromatic nitrogens is 1. The monoisotopic (exact) mass is 157 g/mol. The predicted octanol–water partition coefficient (Wildman–Crippen LogP) is 2.23. The molecule has 2 nitrogen and oxygen atoms in total. The molecular formula is C7H11NOS. The summed E-state index contributed by atoms with van der Waals surface area (Å²) < 4.78 is 5.02. The molecule has 0 spiro atoms. The molecule has 0 saturated heterocycles. The number of hydrogen-bond donors (Lipinski definition) is 1. The van der Waals surface area contributed by atoms with Gasteiger partial charge >= 0.3 is 0 Å². The van der Waals surface area contributed by atoms with E-state index in [2.05, 4.69) is 31.6 Å². The van der Waals surface area contributed by atoms with Gasteiger partial charge in [-0.25, -0.2) is 0 Å². The second kappa shape index (κ2) is 3.10. The lowest BCUT2D eigenvalue weighted by atomic mass is 10.1. The summed E-state index contributed by atoms with van der Waals surface area (Å²) in [6.45, 7) is 4.14. The molecule has 0 radical (unpaired) electrons. The number of nitrogens with zero attached hydrogens (tertiary/aromatic N) is 1. The third-order valence-electron chi connectivity index (χ3n) is 1.31. The highest BCUT2D eigenvalue weighted by Crippen LogP contribution is 2.15. The van der Waals surface area contributed by atoms with Crippen LogP contribution in [0.4, 0.5) is 0 Å². The molecule has 0 N–H and O–H groups in total. The minimum atomic E-state index is 0.418. The van der Waals surface area contributed by atoms with E-state index in [-0.39, 0.29) is 0 Å². The second-order valence-electron chi connectivity index (χ2n) is 2.53. The number of hydrogen-bond acceptors (Lipinski definition) is 3. The molecule has 0 aliphatic heterocycles. The third-order valence-corrected chi connectivity index (χ3v) is 1.63. The third kappa shape index (κ3) is 1.53. The Morgan fingerprint density at radius 3 is 2.70 bits per heavy atom. The fraction of sp³-hybridized carbons (Fsp3) is 0.571. The molecule has 1 rings (SSSR count). The topological polar surface area (TPSA) is 26.0 Å². The molecule has 1 heterocycles. The van der Waals surface area contributed by atoms with Crippen molar-refractivity contribution < 1.29 is 4.52 Å². The molecule has 0 unspecified atom stereocenters. The van der Waals surface area contributed by atoms with E-state index in [1.807, 2.05) is 6.07 Å². The summed E-state index contributed by atoms with van der Waals surface area (Å²) in [4.78, 5) is 0. The van der Waals surface area contributed by atoms with Crippen LogP contribution in [0.25, 0.3) is 0 Å². The van der Waals surface area contributed by atoms with E-state index < -0.39 is 0 Å². The van der Waals surface area contributed by atoms with Gasteiger partial charge in [-0.1, -0.05) is 19.0 Å². The molecule has 1 aromatic heterocycles. The van der Waals surface area contributed by atoms with Gasteiger partial charge in [-0.3, -0.25) is 0 Å². The molecular weight excluding hydrogens is 146 g/mol. The Kier molecular flexibility index (Phi) is 2.38. The number of rotatable bonds is 2. The first-order chi connectivity index (χ1) is 4.74. The smallest absolute Gasteiger partial charge is 0.139 e. The van der Waals surface area contributed by atoms with Gasteiger partial charge < -0.3 is 4.52 Å². The maximum absolute atomic E-state index is 5.02. The van der Waals surface area contributed by atoms with Gasteiger partial charge in [0.05, 0.1) is 5.69 Å². The summed E-state index contributed by atoms with van der Waals surface area (Å²) >= 11 is 4.07. The summed E-state index contributed by atoms with van der Waals surface area (Å²) in [5, 5.41) is 3.80. The Morgan fingerprint density at radius 1 is 1.70 bits per heavy atom. The maximum atomic E-state index is 5.02. The highest BCUT2D eigenvalue weighted by Gasteiger charge is 2.05. The van der Waals surface area contributed by atoms with Gasteiger partial charge in [0.15, 0.2) is 0 Å². The zero-order chi connectivity index (χ0) is 7.56. The standard InChI is InChI=1S/C7H11NOS/c1-5(2)7-3-6(4-10)8-9-7/h3,5,10H,4H2,1-2H3. The SMILES string of the molecule is CC(C)c1cc(CS)no1. The van der Waals surface area contributed by atoms with Gasteiger partial charge in [0.25, 0.3) is 0 Å². The van der Waals surface area contributed by atoms with Crippen molar-refractivity contribution in [1.29, 1.82) is 0 Å². The molecule has 0 aliphatic carbocycles. The van der Waals surface area contributed by atoms with Crippen molar-refractivity contribution >= 4 is 12.6 Å². The van der Waals surface area contributed by atoms with Crippen molar-refractivity contribution in [2.45, 2.75) is 25.5 Å². The Balaban J connectivity index is 2.78. The zero-order valence-corrected chi connectivity index (χ0v) is 7.06. The molecule has 0 aliphatic rings. The fourth-order valence-electron chi connectivity index (χ4n) is 0.675. The van der Waals surface area contributed by atoms with Crippen LogP contribution in [0.1, 0.15) is 31.2 Å². The van der Waals surface area contributed by atoms with E-state index in [0.717, 1.165) is 11.5 Å². The van der Waals surface area contributed by atoms with E-state index >= 15 is 0 Å². The Labute approximate surface area is 66.0 Å². The first-order valence-corrected chi connectivity index (χ1v) is 3.93. The highest BCUT2D eigenvalue weighted by molar-refractivity contribution is 7.79. The summed E-state index contributed by atoms with van der Waals surface area (Å²) in [5.41, 5.74) is 0.909.